The molecule has 1 saturated heterocycles. The minimum absolute atomic E-state index is 0.00520. The van der Waals surface area contributed by atoms with Gasteiger partial charge in [0.2, 0.25) is 5.56 Å². The molecule has 0 spiro atoms. The molecule has 1 aliphatic heterocycles. The Morgan fingerprint density at radius 3 is 2.96 bits per heavy atom. The van der Waals surface area contributed by atoms with Gasteiger partial charge in [-0.3, -0.25) is 4.79 Å². The third-order valence-electron chi connectivity index (χ3n) is 5.92. The largest absolute Gasteiger partial charge is 0.334 e. The van der Waals surface area contributed by atoms with Crippen LogP contribution in [-0.4, -0.2) is 28.5 Å². The molecule has 132 valence electrons. The van der Waals surface area contributed by atoms with Crippen molar-refractivity contribution in [3.05, 3.63) is 46.2 Å². The Bertz CT molecular complexity index is 844. The highest BCUT2D eigenvalue weighted by Crippen LogP contribution is 2.39. The van der Waals surface area contributed by atoms with E-state index < -0.39 is 0 Å². The van der Waals surface area contributed by atoms with Gasteiger partial charge in [-0.2, -0.15) is 0 Å². The van der Waals surface area contributed by atoms with Gasteiger partial charge in [-0.15, -0.1) is 0 Å². The number of para-hydroxylation sites is 1. The van der Waals surface area contributed by atoms with Crippen molar-refractivity contribution < 1.29 is 4.79 Å². The number of nitrogens with one attached hydrogen (secondary N) is 2. The predicted molar refractivity (Wildman–Crippen MR) is 98.4 cm³/mol. The van der Waals surface area contributed by atoms with Gasteiger partial charge < -0.3 is 15.2 Å². The summed E-state index contributed by atoms with van der Waals surface area (Å²) in [5, 5.41) is 4.03. The third-order valence-corrected chi connectivity index (χ3v) is 5.92. The van der Waals surface area contributed by atoms with Crippen molar-refractivity contribution in [2.75, 3.05) is 6.54 Å². The van der Waals surface area contributed by atoms with Crippen LogP contribution in [0, 0.1) is 11.8 Å². The number of carbonyl (C=O) groups is 1. The van der Waals surface area contributed by atoms with Crippen molar-refractivity contribution in [3.63, 3.8) is 0 Å². The van der Waals surface area contributed by atoms with Crippen molar-refractivity contribution in [2.24, 2.45) is 11.8 Å². The first-order valence-electron chi connectivity index (χ1n) is 9.29. The molecular weight excluding hydrogens is 314 g/mol. The SMILES string of the molecule is C[C@@H]1CN(C(=O)NCc2cc(=O)[nH]c3ccccc23)[C@H]2CCCC[C@H]12. The lowest BCUT2D eigenvalue weighted by Gasteiger charge is -2.32. The van der Waals surface area contributed by atoms with Crippen LogP contribution in [-0.2, 0) is 6.54 Å². The van der Waals surface area contributed by atoms with E-state index in [0.29, 0.717) is 24.4 Å². The summed E-state index contributed by atoms with van der Waals surface area (Å²) < 4.78 is 0. The van der Waals surface area contributed by atoms with Gasteiger partial charge >= 0.3 is 6.03 Å². The number of hydrogen-bond acceptors (Lipinski definition) is 2. The molecule has 0 unspecified atom stereocenters. The van der Waals surface area contributed by atoms with Crippen LogP contribution in [0.4, 0.5) is 4.79 Å². The molecule has 1 aliphatic carbocycles. The lowest BCUT2D eigenvalue weighted by atomic mass is 9.80. The lowest BCUT2D eigenvalue weighted by molar-refractivity contribution is 0.168. The highest BCUT2D eigenvalue weighted by atomic mass is 16.2. The summed E-state index contributed by atoms with van der Waals surface area (Å²) in [7, 11) is 0. The minimum atomic E-state index is -0.134. The molecule has 1 saturated carbocycles. The number of benzene rings is 1. The van der Waals surface area contributed by atoms with Crippen LogP contribution in [0.25, 0.3) is 10.9 Å². The van der Waals surface area contributed by atoms with Crippen LogP contribution in [0.5, 0.6) is 0 Å². The van der Waals surface area contributed by atoms with E-state index in [-0.39, 0.29) is 11.6 Å². The Balaban J connectivity index is 1.50. The van der Waals surface area contributed by atoms with Crippen LogP contribution in [0.1, 0.15) is 38.2 Å². The van der Waals surface area contributed by atoms with Gasteiger partial charge in [0, 0.05) is 36.1 Å². The fourth-order valence-electron chi connectivity index (χ4n) is 4.70. The Labute approximate surface area is 147 Å². The van der Waals surface area contributed by atoms with Crippen molar-refractivity contribution >= 4 is 16.9 Å². The van der Waals surface area contributed by atoms with Gasteiger partial charge in [0.1, 0.15) is 0 Å². The predicted octanol–water partition coefficient (Wildman–Crippen LogP) is 3.25. The number of amides is 2. The molecule has 4 rings (SSSR count). The van der Waals surface area contributed by atoms with E-state index in [1.807, 2.05) is 29.2 Å². The second-order valence-electron chi connectivity index (χ2n) is 7.51. The highest BCUT2D eigenvalue weighted by Gasteiger charge is 2.42. The number of aromatic amines is 1. The van der Waals surface area contributed by atoms with Crippen molar-refractivity contribution in [1.82, 2.24) is 15.2 Å². The van der Waals surface area contributed by atoms with Gasteiger partial charge in [-0.1, -0.05) is 38.0 Å². The van der Waals surface area contributed by atoms with Gasteiger partial charge in [-0.25, -0.2) is 4.79 Å². The van der Waals surface area contributed by atoms with Gasteiger partial charge in [-0.05, 0) is 36.3 Å². The maximum Gasteiger partial charge on any atom is 0.317 e. The summed E-state index contributed by atoms with van der Waals surface area (Å²) in [6.07, 6.45) is 4.88. The summed E-state index contributed by atoms with van der Waals surface area (Å²) in [6, 6.07) is 9.68. The van der Waals surface area contributed by atoms with Gasteiger partial charge in [0.05, 0.1) is 0 Å². The summed E-state index contributed by atoms with van der Waals surface area (Å²) in [5.41, 5.74) is 1.53. The first kappa shape index (κ1) is 16.2. The number of urea groups is 1. The second kappa shape index (κ2) is 6.54. The van der Waals surface area contributed by atoms with E-state index in [2.05, 4.69) is 17.2 Å². The molecule has 2 heterocycles. The first-order chi connectivity index (χ1) is 12.1. The molecule has 5 nitrogen and oxygen atoms in total. The molecule has 2 fully saturated rings. The number of pyridine rings is 1. The molecule has 0 radical (unpaired) electrons. The third kappa shape index (κ3) is 3.03. The summed E-state index contributed by atoms with van der Waals surface area (Å²) >= 11 is 0. The molecule has 2 N–H and O–H groups in total. The zero-order valence-electron chi connectivity index (χ0n) is 14.6. The average Bonchev–Trinajstić information content (AvgIpc) is 2.96. The Morgan fingerprint density at radius 1 is 1.28 bits per heavy atom. The summed E-state index contributed by atoms with van der Waals surface area (Å²) in [6.45, 7) is 3.49. The Morgan fingerprint density at radius 2 is 2.08 bits per heavy atom. The van der Waals surface area contributed by atoms with E-state index in [1.54, 1.807) is 6.07 Å². The topological polar surface area (TPSA) is 65.2 Å². The van der Waals surface area contributed by atoms with Gasteiger partial charge in [0.25, 0.3) is 0 Å². The molecule has 1 aromatic carbocycles. The zero-order chi connectivity index (χ0) is 17.4. The first-order valence-corrected chi connectivity index (χ1v) is 9.29. The molecule has 3 atom stereocenters. The van der Waals surface area contributed by atoms with Crippen molar-refractivity contribution in [3.8, 4) is 0 Å². The fraction of sp³-hybridized carbons (Fsp3) is 0.500. The zero-order valence-corrected chi connectivity index (χ0v) is 14.6. The maximum atomic E-state index is 12.8. The van der Waals surface area contributed by atoms with E-state index in [4.69, 9.17) is 0 Å². The fourth-order valence-corrected chi connectivity index (χ4v) is 4.70. The lowest BCUT2D eigenvalue weighted by Crippen LogP contribution is -2.44. The molecule has 2 aromatic rings. The van der Waals surface area contributed by atoms with E-state index in [0.717, 1.165) is 29.4 Å². The molecule has 0 bridgehead atoms. The number of H-pyrrole nitrogens is 1. The molecule has 2 aliphatic rings. The van der Waals surface area contributed by atoms with Crippen LogP contribution in [0.3, 0.4) is 0 Å². The van der Waals surface area contributed by atoms with E-state index >= 15 is 0 Å². The number of likely N-dealkylation sites (tertiary alicyclic amines) is 1. The smallest absolute Gasteiger partial charge is 0.317 e. The maximum absolute atomic E-state index is 12.8. The number of carbonyl (C=O) groups excluding carboxylic acids is 1. The van der Waals surface area contributed by atoms with Gasteiger partial charge in [0.15, 0.2) is 0 Å². The normalized spacial score (nSPS) is 25.8. The van der Waals surface area contributed by atoms with Crippen molar-refractivity contribution in [2.45, 2.75) is 45.2 Å². The highest BCUT2D eigenvalue weighted by molar-refractivity contribution is 5.82. The summed E-state index contributed by atoms with van der Waals surface area (Å²) in [5.74, 6) is 1.23. The van der Waals surface area contributed by atoms with Crippen LogP contribution in [0.2, 0.25) is 0 Å². The van der Waals surface area contributed by atoms with E-state index in [1.165, 1.54) is 19.3 Å². The summed E-state index contributed by atoms with van der Waals surface area (Å²) in [4.78, 5) is 29.5. The minimum Gasteiger partial charge on any atom is -0.334 e. The number of aromatic nitrogens is 1. The van der Waals surface area contributed by atoms with Crippen LogP contribution in [0.15, 0.2) is 35.1 Å². The molecule has 5 heteroatoms. The number of nitrogens with zero attached hydrogens (tertiary/aromatic N) is 1. The Kier molecular flexibility index (Phi) is 4.24. The second-order valence-corrected chi connectivity index (χ2v) is 7.51. The van der Waals surface area contributed by atoms with E-state index in [9.17, 15) is 9.59 Å². The Hall–Kier alpha value is -2.30. The molecular formula is C20H25N3O2. The molecule has 2 amide bonds. The molecule has 1 aromatic heterocycles. The van der Waals surface area contributed by atoms with Crippen LogP contribution >= 0.6 is 0 Å². The quantitative estimate of drug-likeness (QED) is 0.882. The monoisotopic (exact) mass is 339 g/mol. The molecule has 25 heavy (non-hydrogen) atoms. The standard InChI is InChI=1S/C20H25N3O2/c1-13-12-23(18-9-5-3-6-15(13)18)20(25)21-11-14-10-19(24)22-17-8-4-2-7-16(14)17/h2,4,7-8,10,13,15,18H,3,5-6,9,11-12H2,1H3,(H,21,25)(H,22,24)/t13-,15-,18+/m1/s1. The number of rotatable bonds is 2. The number of fused-ring (bicyclic) bond motifs is 2. The van der Waals surface area contributed by atoms with Crippen LogP contribution < -0.4 is 10.9 Å². The average molecular weight is 339 g/mol. The van der Waals surface area contributed by atoms with Crippen molar-refractivity contribution in [1.29, 1.82) is 0 Å². The number of hydrogen-bond donors (Lipinski definition) is 2.